The number of sulfonamides is 1. The Morgan fingerprint density at radius 2 is 1.74 bits per heavy atom. The van der Waals surface area contributed by atoms with Gasteiger partial charge in [0.1, 0.15) is 0 Å². The second-order valence-electron chi connectivity index (χ2n) is 7.35. The van der Waals surface area contributed by atoms with E-state index in [0.29, 0.717) is 30.1 Å². The molecule has 2 aromatic rings. The summed E-state index contributed by atoms with van der Waals surface area (Å²) in [6, 6.07) is 16.7. The Balaban J connectivity index is 1.74. The van der Waals surface area contributed by atoms with E-state index >= 15 is 0 Å². The summed E-state index contributed by atoms with van der Waals surface area (Å²) in [5.74, 6) is 0.474. The summed E-state index contributed by atoms with van der Waals surface area (Å²) < 4.78 is 25.5. The zero-order valence-corrected chi connectivity index (χ0v) is 16.6. The standard InChI is InChI=1S/C21H26N2O3S/c1-16(2)15-20(17-7-4-3-5-8-17)22-21(24)18-9-11-19(12-10-18)23-13-6-14-27(23,25)26/h3-5,7-12,16,20H,6,13-15H2,1-2H3,(H,22,24). The number of carbonyl (C=O) groups is 1. The molecule has 1 aliphatic heterocycles. The van der Waals surface area contributed by atoms with Gasteiger partial charge in [-0.1, -0.05) is 44.2 Å². The van der Waals surface area contributed by atoms with Gasteiger partial charge in [-0.05, 0) is 48.6 Å². The highest BCUT2D eigenvalue weighted by Gasteiger charge is 2.28. The number of hydrogen-bond donors (Lipinski definition) is 1. The van der Waals surface area contributed by atoms with Gasteiger partial charge in [0.25, 0.3) is 5.91 Å². The fraction of sp³-hybridized carbons (Fsp3) is 0.381. The first-order valence-corrected chi connectivity index (χ1v) is 10.9. The Morgan fingerprint density at radius 1 is 1.07 bits per heavy atom. The summed E-state index contributed by atoms with van der Waals surface area (Å²) in [4.78, 5) is 12.7. The molecular weight excluding hydrogens is 360 g/mol. The van der Waals surface area contributed by atoms with Gasteiger partial charge in [-0.3, -0.25) is 9.10 Å². The van der Waals surface area contributed by atoms with Gasteiger partial charge in [0.15, 0.2) is 0 Å². The van der Waals surface area contributed by atoms with E-state index in [4.69, 9.17) is 0 Å². The van der Waals surface area contributed by atoms with Crippen molar-refractivity contribution < 1.29 is 13.2 Å². The molecule has 27 heavy (non-hydrogen) atoms. The monoisotopic (exact) mass is 386 g/mol. The largest absolute Gasteiger partial charge is 0.345 e. The van der Waals surface area contributed by atoms with Crippen LogP contribution in [0.4, 0.5) is 5.69 Å². The number of nitrogens with one attached hydrogen (secondary N) is 1. The lowest BCUT2D eigenvalue weighted by atomic mass is 9.96. The van der Waals surface area contributed by atoms with Crippen LogP contribution in [0.1, 0.15) is 48.7 Å². The number of rotatable bonds is 6. The normalized spacial score (nSPS) is 17.1. The van der Waals surface area contributed by atoms with Crippen LogP contribution in [-0.4, -0.2) is 26.6 Å². The maximum absolute atomic E-state index is 12.7. The molecule has 0 bridgehead atoms. The SMILES string of the molecule is CC(C)CC(NC(=O)c1ccc(N2CCCS2(=O)=O)cc1)c1ccccc1. The maximum atomic E-state index is 12.7. The average molecular weight is 387 g/mol. The van der Waals surface area contributed by atoms with Crippen molar-refractivity contribution in [2.45, 2.75) is 32.7 Å². The molecule has 5 nitrogen and oxygen atoms in total. The lowest BCUT2D eigenvalue weighted by Crippen LogP contribution is -2.29. The first-order chi connectivity index (χ1) is 12.9. The minimum Gasteiger partial charge on any atom is -0.345 e. The van der Waals surface area contributed by atoms with Crippen molar-refractivity contribution in [3.63, 3.8) is 0 Å². The Hall–Kier alpha value is -2.34. The molecule has 1 atom stereocenters. The van der Waals surface area contributed by atoms with Crippen LogP contribution in [-0.2, 0) is 10.0 Å². The second-order valence-corrected chi connectivity index (χ2v) is 9.37. The predicted octanol–water partition coefficient (Wildman–Crippen LogP) is 3.74. The van der Waals surface area contributed by atoms with Gasteiger partial charge in [-0.15, -0.1) is 0 Å². The molecule has 144 valence electrons. The summed E-state index contributed by atoms with van der Waals surface area (Å²) in [6.45, 7) is 4.76. The van der Waals surface area contributed by atoms with Crippen molar-refractivity contribution in [1.29, 1.82) is 0 Å². The molecule has 3 rings (SSSR count). The van der Waals surface area contributed by atoms with Crippen molar-refractivity contribution >= 4 is 21.6 Å². The first-order valence-electron chi connectivity index (χ1n) is 9.33. The van der Waals surface area contributed by atoms with E-state index in [1.807, 2.05) is 30.3 Å². The smallest absolute Gasteiger partial charge is 0.251 e. The number of nitrogens with zero attached hydrogens (tertiary/aromatic N) is 1. The topological polar surface area (TPSA) is 66.5 Å². The maximum Gasteiger partial charge on any atom is 0.251 e. The van der Waals surface area contributed by atoms with E-state index in [0.717, 1.165) is 12.0 Å². The van der Waals surface area contributed by atoms with E-state index in [1.54, 1.807) is 24.3 Å². The minimum absolute atomic E-state index is 0.0580. The van der Waals surface area contributed by atoms with E-state index < -0.39 is 10.0 Å². The molecule has 1 unspecified atom stereocenters. The van der Waals surface area contributed by atoms with Crippen LogP contribution in [0.25, 0.3) is 0 Å². The minimum atomic E-state index is -3.21. The van der Waals surface area contributed by atoms with Crippen molar-refractivity contribution in [2.24, 2.45) is 5.92 Å². The molecule has 0 aliphatic carbocycles. The molecule has 1 amide bonds. The summed E-state index contributed by atoms with van der Waals surface area (Å²) in [7, 11) is -3.21. The number of hydrogen-bond acceptors (Lipinski definition) is 3. The van der Waals surface area contributed by atoms with Gasteiger partial charge in [-0.25, -0.2) is 8.42 Å². The zero-order valence-electron chi connectivity index (χ0n) is 15.8. The number of benzene rings is 2. The average Bonchev–Trinajstić information content (AvgIpc) is 3.00. The van der Waals surface area contributed by atoms with Crippen molar-refractivity contribution in [1.82, 2.24) is 5.32 Å². The van der Waals surface area contributed by atoms with Gasteiger partial charge < -0.3 is 5.32 Å². The van der Waals surface area contributed by atoms with Gasteiger partial charge in [0.05, 0.1) is 17.5 Å². The Kier molecular flexibility index (Phi) is 5.85. The van der Waals surface area contributed by atoms with E-state index in [2.05, 4.69) is 19.2 Å². The zero-order chi connectivity index (χ0) is 19.4. The molecule has 2 aromatic carbocycles. The van der Waals surface area contributed by atoms with E-state index in [1.165, 1.54) is 4.31 Å². The van der Waals surface area contributed by atoms with Gasteiger partial charge in [0.2, 0.25) is 10.0 Å². The summed E-state index contributed by atoms with van der Waals surface area (Å²) in [6.07, 6.45) is 1.48. The third-order valence-electron chi connectivity index (χ3n) is 4.73. The number of carbonyl (C=O) groups excluding carboxylic acids is 1. The third kappa shape index (κ3) is 4.69. The molecule has 0 saturated carbocycles. The highest BCUT2D eigenvalue weighted by atomic mass is 32.2. The predicted molar refractivity (Wildman–Crippen MR) is 108 cm³/mol. The van der Waals surface area contributed by atoms with Crippen LogP contribution in [0.3, 0.4) is 0 Å². The van der Waals surface area contributed by atoms with Crippen molar-refractivity contribution in [3.8, 4) is 0 Å². The quantitative estimate of drug-likeness (QED) is 0.822. The molecule has 1 fully saturated rings. The lowest BCUT2D eigenvalue weighted by molar-refractivity contribution is 0.0932. The second kappa shape index (κ2) is 8.13. The fourth-order valence-electron chi connectivity index (χ4n) is 3.39. The number of anilines is 1. The molecule has 1 heterocycles. The Morgan fingerprint density at radius 3 is 2.30 bits per heavy atom. The van der Waals surface area contributed by atoms with Crippen molar-refractivity contribution in [2.75, 3.05) is 16.6 Å². The molecule has 1 saturated heterocycles. The highest BCUT2D eigenvalue weighted by Crippen LogP contribution is 2.25. The van der Waals surface area contributed by atoms with Crippen LogP contribution in [0.2, 0.25) is 0 Å². The Bertz CT molecular complexity index is 877. The highest BCUT2D eigenvalue weighted by molar-refractivity contribution is 7.93. The summed E-state index contributed by atoms with van der Waals surface area (Å²) >= 11 is 0. The van der Waals surface area contributed by atoms with Gasteiger partial charge in [0, 0.05) is 12.1 Å². The first kappa shape index (κ1) is 19.4. The van der Waals surface area contributed by atoms with Crippen LogP contribution in [0.15, 0.2) is 54.6 Å². The molecule has 0 spiro atoms. The van der Waals surface area contributed by atoms with Crippen LogP contribution >= 0.6 is 0 Å². The summed E-state index contributed by atoms with van der Waals surface area (Å²) in [5.41, 5.74) is 2.23. The number of amides is 1. The molecule has 1 aliphatic rings. The summed E-state index contributed by atoms with van der Waals surface area (Å²) in [5, 5.41) is 3.12. The molecular formula is C21H26N2O3S. The molecule has 0 radical (unpaired) electrons. The van der Waals surface area contributed by atoms with Crippen LogP contribution < -0.4 is 9.62 Å². The molecule has 1 N–H and O–H groups in total. The third-order valence-corrected chi connectivity index (χ3v) is 6.60. The van der Waals surface area contributed by atoms with Crippen LogP contribution in [0, 0.1) is 5.92 Å². The molecule has 6 heteroatoms. The van der Waals surface area contributed by atoms with Crippen LogP contribution in [0.5, 0.6) is 0 Å². The molecule has 0 aromatic heterocycles. The van der Waals surface area contributed by atoms with E-state index in [-0.39, 0.29) is 17.7 Å². The lowest BCUT2D eigenvalue weighted by Gasteiger charge is -2.21. The van der Waals surface area contributed by atoms with Crippen molar-refractivity contribution in [3.05, 3.63) is 65.7 Å². The van der Waals surface area contributed by atoms with Gasteiger partial charge in [-0.2, -0.15) is 0 Å². The van der Waals surface area contributed by atoms with Gasteiger partial charge >= 0.3 is 0 Å². The Labute approximate surface area is 161 Å². The fourth-order valence-corrected chi connectivity index (χ4v) is 4.95. The van der Waals surface area contributed by atoms with E-state index in [9.17, 15) is 13.2 Å².